The van der Waals surface area contributed by atoms with Crippen molar-refractivity contribution in [3.05, 3.63) is 66.0 Å². The number of nitrogens with zero attached hydrogens (tertiary/aromatic N) is 3. The topological polar surface area (TPSA) is 38.1 Å². The zero-order valence-corrected chi connectivity index (χ0v) is 13.7. The van der Waals surface area contributed by atoms with E-state index in [9.17, 15) is 4.79 Å². The number of aromatic nitrogens is 2. The summed E-state index contributed by atoms with van der Waals surface area (Å²) in [5.74, 6) is 0.941. The number of fused-ring (bicyclic) bond motifs is 1. The molecular weight excluding hydrogens is 286 g/mol. The zero-order valence-electron chi connectivity index (χ0n) is 13.7. The smallest absolute Gasteiger partial charge is 0.219 e. The SMILES string of the molecule is CC(=O)N(C)Cc1nc2ccccc2n1[C@H](C)c1ccccc1. The minimum atomic E-state index is 0.0379. The van der Waals surface area contributed by atoms with E-state index in [2.05, 4.69) is 29.7 Å². The van der Waals surface area contributed by atoms with Gasteiger partial charge in [-0.3, -0.25) is 4.79 Å². The van der Waals surface area contributed by atoms with E-state index in [0.29, 0.717) is 6.54 Å². The third kappa shape index (κ3) is 2.97. The lowest BCUT2D eigenvalue weighted by atomic mass is 10.1. The van der Waals surface area contributed by atoms with Crippen LogP contribution in [0.4, 0.5) is 0 Å². The molecule has 0 unspecified atom stereocenters. The largest absolute Gasteiger partial charge is 0.339 e. The maximum atomic E-state index is 11.6. The Morgan fingerprint density at radius 2 is 1.78 bits per heavy atom. The zero-order chi connectivity index (χ0) is 16.4. The van der Waals surface area contributed by atoms with Crippen LogP contribution in [0.5, 0.6) is 0 Å². The number of para-hydroxylation sites is 2. The molecule has 0 N–H and O–H groups in total. The van der Waals surface area contributed by atoms with Crippen LogP contribution in [0.1, 0.15) is 31.3 Å². The van der Waals surface area contributed by atoms with Crippen LogP contribution in [-0.2, 0) is 11.3 Å². The number of carbonyl (C=O) groups excluding carboxylic acids is 1. The van der Waals surface area contributed by atoms with Crippen molar-refractivity contribution in [2.45, 2.75) is 26.4 Å². The molecule has 0 aliphatic heterocycles. The number of carbonyl (C=O) groups is 1. The second-order valence-electron chi connectivity index (χ2n) is 5.85. The van der Waals surface area contributed by atoms with Crippen LogP contribution in [0.3, 0.4) is 0 Å². The van der Waals surface area contributed by atoms with Gasteiger partial charge in [0.2, 0.25) is 5.91 Å². The summed E-state index contributed by atoms with van der Waals surface area (Å²) in [5.41, 5.74) is 3.28. The normalized spacial score (nSPS) is 12.3. The van der Waals surface area contributed by atoms with Crippen molar-refractivity contribution in [1.29, 1.82) is 0 Å². The first kappa shape index (κ1) is 15.3. The molecule has 0 aliphatic rings. The lowest BCUT2D eigenvalue weighted by molar-refractivity contribution is -0.128. The molecule has 0 spiro atoms. The Morgan fingerprint density at radius 3 is 2.48 bits per heavy atom. The fraction of sp³-hybridized carbons (Fsp3) is 0.263. The lowest BCUT2D eigenvalue weighted by Gasteiger charge is -2.21. The molecule has 1 heterocycles. The fourth-order valence-corrected chi connectivity index (χ4v) is 2.84. The molecule has 23 heavy (non-hydrogen) atoms. The Kier molecular flexibility index (Phi) is 4.15. The monoisotopic (exact) mass is 307 g/mol. The van der Waals surface area contributed by atoms with Crippen LogP contribution in [0.15, 0.2) is 54.6 Å². The Morgan fingerprint density at radius 1 is 1.13 bits per heavy atom. The Bertz CT molecular complexity index is 823. The van der Waals surface area contributed by atoms with Crippen LogP contribution in [0.2, 0.25) is 0 Å². The molecule has 1 amide bonds. The molecule has 0 saturated heterocycles. The van der Waals surface area contributed by atoms with E-state index in [4.69, 9.17) is 4.98 Å². The Balaban J connectivity index is 2.11. The van der Waals surface area contributed by atoms with E-state index in [0.717, 1.165) is 16.9 Å². The summed E-state index contributed by atoms with van der Waals surface area (Å²) in [7, 11) is 1.80. The molecule has 2 aromatic carbocycles. The lowest BCUT2D eigenvalue weighted by Crippen LogP contribution is -2.25. The molecule has 1 aromatic heterocycles. The van der Waals surface area contributed by atoms with Crippen molar-refractivity contribution >= 4 is 16.9 Å². The maximum Gasteiger partial charge on any atom is 0.219 e. The van der Waals surface area contributed by atoms with Gasteiger partial charge in [-0.1, -0.05) is 42.5 Å². The Labute approximate surface area is 136 Å². The summed E-state index contributed by atoms with van der Waals surface area (Å²) < 4.78 is 2.23. The number of hydrogen-bond donors (Lipinski definition) is 0. The quantitative estimate of drug-likeness (QED) is 0.738. The van der Waals surface area contributed by atoms with Crippen molar-refractivity contribution < 1.29 is 4.79 Å². The van der Waals surface area contributed by atoms with Crippen LogP contribution in [0.25, 0.3) is 11.0 Å². The van der Waals surface area contributed by atoms with Gasteiger partial charge in [0.25, 0.3) is 0 Å². The number of amides is 1. The summed E-state index contributed by atoms with van der Waals surface area (Å²) in [4.78, 5) is 18.0. The van der Waals surface area contributed by atoms with E-state index in [1.54, 1.807) is 18.9 Å². The van der Waals surface area contributed by atoms with Crippen molar-refractivity contribution in [3.8, 4) is 0 Å². The van der Waals surface area contributed by atoms with E-state index in [1.807, 2.05) is 36.4 Å². The first-order valence-corrected chi connectivity index (χ1v) is 7.80. The van der Waals surface area contributed by atoms with Crippen LogP contribution >= 0.6 is 0 Å². The van der Waals surface area contributed by atoms with Crippen LogP contribution < -0.4 is 0 Å². The van der Waals surface area contributed by atoms with Crippen LogP contribution in [-0.4, -0.2) is 27.4 Å². The highest BCUT2D eigenvalue weighted by Crippen LogP contribution is 2.26. The molecular formula is C19H21N3O. The molecule has 1 atom stereocenters. The van der Waals surface area contributed by atoms with E-state index in [1.165, 1.54) is 5.56 Å². The summed E-state index contributed by atoms with van der Waals surface area (Å²) in [5, 5.41) is 0. The molecule has 3 rings (SSSR count). The van der Waals surface area contributed by atoms with E-state index >= 15 is 0 Å². The molecule has 118 valence electrons. The highest BCUT2D eigenvalue weighted by molar-refractivity contribution is 5.77. The summed E-state index contributed by atoms with van der Waals surface area (Å²) >= 11 is 0. The van der Waals surface area contributed by atoms with Gasteiger partial charge in [0, 0.05) is 14.0 Å². The van der Waals surface area contributed by atoms with Crippen molar-refractivity contribution in [3.63, 3.8) is 0 Å². The van der Waals surface area contributed by atoms with Gasteiger partial charge in [0.15, 0.2) is 0 Å². The van der Waals surface area contributed by atoms with Gasteiger partial charge in [-0.2, -0.15) is 0 Å². The second-order valence-corrected chi connectivity index (χ2v) is 5.85. The predicted molar refractivity (Wildman–Crippen MR) is 92.1 cm³/mol. The van der Waals surface area contributed by atoms with Crippen molar-refractivity contribution in [2.75, 3.05) is 7.05 Å². The van der Waals surface area contributed by atoms with Crippen molar-refractivity contribution in [2.24, 2.45) is 0 Å². The average Bonchev–Trinajstić information content (AvgIpc) is 2.92. The molecule has 0 bridgehead atoms. The molecule has 4 nitrogen and oxygen atoms in total. The summed E-state index contributed by atoms with van der Waals surface area (Å²) in [6.45, 7) is 4.25. The highest BCUT2D eigenvalue weighted by atomic mass is 16.2. The van der Waals surface area contributed by atoms with Gasteiger partial charge in [-0.05, 0) is 24.6 Å². The van der Waals surface area contributed by atoms with Crippen LogP contribution in [0, 0.1) is 0 Å². The van der Waals surface area contributed by atoms with Gasteiger partial charge in [0.05, 0.1) is 23.6 Å². The standard InChI is InChI=1S/C19H21N3O/c1-14(16-9-5-4-6-10-16)22-18-12-8-7-11-17(18)20-19(22)13-21(3)15(2)23/h4-12,14H,13H2,1-3H3/t14-/m1/s1. The second kappa shape index (κ2) is 6.24. The fourth-order valence-electron chi connectivity index (χ4n) is 2.84. The third-order valence-electron chi connectivity index (χ3n) is 4.25. The van der Waals surface area contributed by atoms with Crippen molar-refractivity contribution in [1.82, 2.24) is 14.5 Å². The molecule has 0 saturated carbocycles. The number of rotatable bonds is 4. The molecule has 4 heteroatoms. The first-order chi connectivity index (χ1) is 11.1. The van der Waals surface area contributed by atoms with Gasteiger partial charge in [0.1, 0.15) is 5.82 Å². The van der Waals surface area contributed by atoms with E-state index in [-0.39, 0.29) is 11.9 Å². The minimum absolute atomic E-state index is 0.0379. The van der Waals surface area contributed by atoms with Gasteiger partial charge in [-0.25, -0.2) is 4.98 Å². The number of benzene rings is 2. The maximum absolute atomic E-state index is 11.6. The number of imidazole rings is 1. The summed E-state index contributed by atoms with van der Waals surface area (Å²) in [6, 6.07) is 18.6. The molecule has 0 aliphatic carbocycles. The highest BCUT2D eigenvalue weighted by Gasteiger charge is 2.18. The molecule has 3 aromatic rings. The minimum Gasteiger partial charge on any atom is -0.339 e. The third-order valence-corrected chi connectivity index (χ3v) is 4.25. The molecule has 0 radical (unpaired) electrons. The van der Waals surface area contributed by atoms with E-state index < -0.39 is 0 Å². The van der Waals surface area contributed by atoms with Gasteiger partial charge < -0.3 is 9.47 Å². The summed E-state index contributed by atoms with van der Waals surface area (Å²) in [6.07, 6.45) is 0. The average molecular weight is 307 g/mol. The van der Waals surface area contributed by atoms with Gasteiger partial charge >= 0.3 is 0 Å². The molecule has 0 fully saturated rings. The first-order valence-electron chi connectivity index (χ1n) is 7.80. The van der Waals surface area contributed by atoms with Gasteiger partial charge in [-0.15, -0.1) is 0 Å². The Hall–Kier alpha value is -2.62. The number of hydrogen-bond acceptors (Lipinski definition) is 2. The predicted octanol–water partition coefficient (Wildman–Crippen LogP) is 3.62.